The summed E-state index contributed by atoms with van der Waals surface area (Å²) < 4.78 is 4.25. The van der Waals surface area contributed by atoms with E-state index < -0.39 is 11.0 Å². The summed E-state index contributed by atoms with van der Waals surface area (Å²) in [6.45, 7) is 0. The standard InChI is InChI=1S/C9H9N3O5/c1-17-9(14)11-10-5-6-4-7(12(15)16)2-3-8(6)13/h2-5,13H,1H3,(H,11,14). The number of carbonyl (C=O) groups is 1. The number of amides is 1. The molecule has 0 bridgehead atoms. The van der Waals surface area contributed by atoms with Crippen LogP contribution in [0.2, 0.25) is 0 Å². The van der Waals surface area contributed by atoms with Crippen molar-refractivity contribution in [3.8, 4) is 5.75 Å². The Morgan fingerprint density at radius 3 is 2.94 bits per heavy atom. The number of benzene rings is 1. The predicted octanol–water partition coefficient (Wildman–Crippen LogP) is 0.990. The van der Waals surface area contributed by atoms with Crippen molar-refractivity contribution in [1.82, 2.24) is 5.43 Å². The van der Waals surface area contributed by atoms with Gasteiger partial charge in [-0.1, -0.05) is 0 Å². The third-order valence-electron chi connectivity index (χ3n) is 1.77. The lowest BCUT2D eigenvalue weighted by Crippen LogP contribution is -2.16. The molecule has 0 unspecified atom stereocenters. The third-order valence-corrected chi connectivity index (χ3v) is 1.77. The first-order valence-electron chi connectivity index (χ1n) is 4.39. The summed E-state index contributed by atoms with van der Waals surface area (Å²) in [6.07, 6.45) is 0.283. The van der Waals surface area contributed by atoms with Crippen LogP contribution in [-0.4, -0.2) is 29.4 Å². The number of nitro groups is 1. The van der Waals surface area contributed by atoms with Gasteiger partial charge in [-0.05, 0) is 6.07 Å². The van der Waals surface area contributed by atoms with Crippen LogP contribution in [0.4, 0.5) is 10.5 Å². The zero-order valence-corrected chi connectivity index (χ0v) is 8.78. The van der Waals surface area contributed by atoms with E-state index in [0.29, 0.717) is 0 Å². The number of aromatic hydroxyl groups is 1. The minimum absolute atomic E-state index is 0.107. The van der Waals surface area contributed by atoms with Gasteiger partial charge in [-0.15, -0.1) is 0 Å². The van der Waals surface area contributed by atoms with Gasteiger partial charge in [0.05, 0.1) is 18.2 Å². The number of hydrogen-bond donors (Lipinski definition) is 2. The van der Waals surface area contributed by atoms with Crippen LogP contribution in [0.1, 0.15) is 5.56 Å². The maximum absolute atomic E-state index is 10.6. The average molecular weight is 239 g/mol. The molecule has 0 aliphatic heterocycles. The van der Waals surface area contributed by atoms with E-state index in [0.717, 1.165) is 31.5 Å². The van der Waals surface area contributed by atoms with E-state index in [-0.39, 0.29) is 17.0 Å². The van der Waals surface area contributed by atoms with Gasteiger partial charge >= 0.3 is 6.09 Å². The van der Waals surface area contributed by atoms with Crippen LogP contribution in [0.15, 0.2) is 23.3 Å². The fourth-order valence-corrected chi connectivity index (χ4v) is 0.959. The quantitative estimate of drug-likeness (QED) is 0.463. The first-order valence-corrected chi connectivity index (χ1v) is 4.39. The van der Waals surface area contributed by atoms with Crippen LogP contribution in [0.25, 0.3) is 0 Å². The number of hydrazone groups is 1. The molecule has 0 spiro atoms. The zero-order chi connectivity index (χ0) is 12.8. The number of nitrogens with one attached hydrogen (secondary N) is 1. The Hall–Kier alpha value is -2.64. The maximum atomic E-state index is 10.6. The van der Waals surface area contributed by atoms with Crippen molar-refractivity contribution < 1.29 is 19.6 Å². The minimum atomic E-state index is -0.786. The summed E-state index contributed by atoms with van der Waals surface area (Å²) in [5.41, 5.74) is 1.90. The highest BCUT2D eigenvalue weighted by molar-refractivity contribution is 5.85. The van der Waals surface area contributed by atoms with E-state index in [2.05, 4.69) is 9.84 Å². The Balaban J connectivity index is 2.86. The summed E-state index contributed by atoms with van der Waals surface area (Å²) in [5.74, 6) is -0.189. The summed E-state index contributed by atoms with van der Waals surface area (Å²) in [5, 5.41) is 23.3. The van der Waals surface area contributed by atoms with Crippen LogP contribution in [0.5, 0.6) is 5.75 Å². The van der Waals surface area contributed by atoms with E-state index in [1.807, 2.05) is 5.43 Å². The molecule has 8 heteroatoms. The smallest absolute Gasteiger partial charge is 0.427 e. The molecule has 0 saturated heterocycles. The van der Waals surface area contributed by atoms with Gasteiger partial charge in [0.1, 0.15) is 5.75 Å². The molecule has 1 aromatic carbocycles. The molecule has 1 amide bonds. The van der Waals surface area contributed by atoms with E-state index in [4.69, 9.17) is 0 Å². The lowest BCUT2D eigenvalue weighted by Gasteiger charge is -1.99. The van der Waals surface area contributed by atoms with Gasteiger partial charge in [-0.2, -0.15) is 5.10 Å². The molecule has 0 fully saturated rings. The van der Waals surface area contributed by atoms with Crippen molar-refractivity contribution in [2.45, 2.75) is 0 Å². The lowest BCUT2D eigenvalue weighted by molar-refractivity contribution is -0.384. The highest BCUT2D eigenvalue weighted by Gasteiger charge is 2.08. The van der Waals surface area contributed by atoms with Crippen molar-refractivity contribution in [2.75, 3.05) is 7.11 Å². The largest absolute Gasteiger partial charge is 0.507 e. The van der Waals surface area contributed by atoms with Gasteiger partial charge in [0, 0.05) is 17.7 Å². The number of phenolic OH excluding ortho intramolecular Hbond substituents is 1. The molecule has 0 radical (unpaired) electrons. The van der Waals surface area contributed by atoms with Crippen LogP contribution in [-0.2, 0) is 4.74 Å². The molecule has 0 aliphatic carbocycles. The Kier molecular flexibility index (Phi) is 3.98. The number of methoxy groups -OCH3 is 1. The van der Waals surface area contributed by atoms with Gasteiger partial charge < -0.3 is 9.84 Å². The Labute approximate surface area is 95.7 Å². The molecular formula is C9H9N3O5. The monoisotopic (exact) mass is 239 g/mol. The van der Waals surface area contributed by atoms with Crippen LogP contribution in [0, 0.1) is 10.1 Å². The fourth-order valence-electron chi connectivity index (χ4n) is 0.959. The first-order chi connectivity index (χ1) is 8.04. The average Bonchev–Trinajstić information content (AvgIpc) is 2.30. The van der Waals surface area contributed by atoms with Gasteiger partial charge in [-0.25, -0.2) is 10.2 Å². The van der Waals surface area contributed by atoms with Crippen molar-refractivity contribution in [3.63, 3.8) is 0 Å². The number of rotatable bonds is 3. The predicted molar refractivity (Wildman–Crippen MR) is 57.9 cm³/mol. The number of non-ortho nitro benzene ring substituents is 1. The Morgan fingerprint density at radius 2 is 2.35 bits per heavy atom. The Bertz CT molecular complexity index is 472. The van der Waals surface area contributed by atoms with Crippen LogP contribution < -0.4 is 5.43 Å². The number of nitro benzene ring substituents is 1. The van der Waals surface area contributed by atoms with Crippen LogP contribution in [0.3, 0.4) is 0 Å². The number of nitrogens with zero attached hydrogens (tertiary/aromatic N) is 2. The third kappa shape index (κ3) is 3.45. The Morgan fingerprint density at radius 1 is 1.65 bits per heavy atom. The number of phenols is 1. The van der Waals surface area contributed by atoms with Crippen molar-refractivity contribution in [1.29, 1.82) is 0 Å². The summed E-state index contributed by atoms with van der Waals surface area (Å²) >= 11 is 0. The van der Waals surface area contributed by atoms with Gasteiger partial charge in [0.2, 0.25) is 0 Å². The lowest BCUT2D eigenvalue weighted by atomic mass is 10.2. The molecular weight excluding hydrogens is 230 g/mol. The molecule has 0 heterocycles. The van der Waals surface area contributed by atoms with Crippen molar-refractivity contribution in [3.05, 3.63) is 33.9 Å². The van der Waals surface area contributed by atoms with Gasteiger partial charge in [0.25, 0.3) is 5.69 Å². The van der Waals surface area contributed by atoms with Crippen molar-refractivity contribution >= 4 is 18.0 Å². The van der Waals surface area contributed by atoms with E-state index in [9.17, 15) is 20.0 Å². The van der Waals surface area contributed by atoms with E-state index in [1.54, 1.807) is 0 Å². The number of hydrogen-bond acceptors (Lipinski definition) is 6. The normalized spacial score (nSPS) is 10.2. The second-order valence-electron chi connectivity index (χ2n) is 2.86. The maximum Gasteiger partial charge on any atom is 0.427 e. The molecule has 1 aromatic rings. The fraction of sp³-hybridized carbons (Fsp3) is 0.111. The highest BCUT2D eigenvalue weighted by Crippen LogP contribution is 2.20. The summed E-state index contributed by atoms with van der Waals surface area (Å²) in [6, 6.07) is 3.44. The molecule has 90 valence electrons. The molecule has 0 aliphatic rings. The molecule has 8 nitrogen and oxygen atoms in total. The molecule has 0 saturated carbocycles. The number of carbonyl (C=O) groups excluding carboxylic acids is 1. The second-order valence-corrected chi connectivity index (χ2v) is 2.86. The topological polar surface area (TPSA) is 114 Å². The van der Waals surface area contributed by atoms with Crippen LogP contribution >= 0.6 is 0 Å². The zero-order valence-electron chi connectivity index (χ0n) is 8.78. The van der Waals surface area contributed by atoms with Gasteiger partial charge in [0.15, 0.2) is 0 Å². The summed E-state index contributed by atoms with van der Waals surface area (Å²) in [4.78, 5) is 20.5. The van der Waals surface area contributed by atoms with E-state index >= 15 is 0 Å². The first kappa shape index (κ1) is 12.4. The molecule has 2 N–H and O–H groups in total. The number of ether oxygens (including phenoxy) is 1. The summed E-state index contributed by atoms with van der Waals surface area (Å²) in [7, 11) is 1.16. The highest BCUT2D eigenvalue weighted by atomic mass is 16.6. The molecule has 0 aromatic heterocycles. The van der Waals surface area contributed by atoms with Gasteiger partial charge in [-0.3, -0.25) is 10.1 Å². The SMILES string of the molecule is COC(=O)NN=Cc1cc([N+](=O)[O-])ccc1O. The molecule has 0 atom stereocenters. The molecule has 1 rings (SSSR count). The van der Waals surface area contributed by atoms with E-state index in [1.165, 1.54) is 0 Å². The van der Waals surface area contributed by atoms with Crippen molar-refractivity contribution in [2.24, 2.45) is 5.10 Å². The second kappa shape index (κ2) is 5.45. The minimum Gasteiger partial charge on any atom is -0.507 e. The molecule has 17 heavy (non-hydrogen) atoms.